The zero-order valence-electron chi connectivity index (χ0n) is 43.2. The van der Waals surface area contributed by atoms with E-state index in [4.69, 9.17) is 14.2 Å². The van der Waals surface area contributed by atoms with Crippen molar-refractivity contribution in [1.29, 1.82) is 0 Å². The minimum atomic E-state index is -0.835. The van der Waals surface area contributed by atoms with Gasteiger partial charge in [-0.15, -0.1) is 0 Å². The second kappa shape index (κ2) is 55.1. The molecule has 1 unspecified atom stereocenters. The van der Waals surface area contributed by atoms with Crippen LogP contribution in [-0.4, -0.2) is 37.2 Å². The molecule has 6 heteroatoms. The molecule has 1 atom stereocenters. The van der Waals surface area contributed by atoms with Gasteiger partial charge in [0, 0.05) is 19.3 Å². The molecule has 0 saturated heterocycles. The van der Waals surface area contributed by atoms with Crippen molar-refractivity contribution in [3.8, 4) is 0 Å². The molecule has 0 heterocycles. The highest BCUT2D eigenvalue weighted by molar-refractivity contribution is 5.71. The molecular formula is C63H92O6. The third-order valence-corrected chi connectivity index (χ3v) is 10.1. The van der Waals surface area contributed by atoms with Gasteiger partial charge in [-0.2, -0.15) is 0 Å². The van der Waals surface area contributed by atoms with Gasteiger partial charge in [0.15, 0.2) is 6.10 Å². The highest BCUT2D eigenvalue weighted by atomic mass is 16.6. The molecule has 0 aliphatic heterocycles. The van der Waals surface area contributed by atoms with Gasteiger partial charge >= 0.3 is 17.9 Å². The molecule has 6 nitrogen and oxygen atoms in total. The van der Waals surface area contributed by atoms with E-state index in [1.54, 1.807) is 0 Å². The predicted molar refractivity (Wildman–Crippen MR) is 297 cm³/mol. The molecule has 0 rings (SSSR count). The topological polar surface area (TPSA) is 78.9 Å². The number of ether oxygens (including phenoxy) is 3. The first kappa shape index (κ1) is 63.5. The monoisotopic (exact) mass is 945 g/mol. The van der Waals surface area contributed by atoms with Crippen LogP contribution in [0.15, 0.2) is 182 Å². The van der Waals surface area contributed by atoms with Gasteiger partial charge in [0.05, 0.1) is 0 Å². The number of carbonyl (C=O) groups is 3. The number of unbranched alkanes of at least 4 members (excludes halogenated alkanes) is 11. The fourth-order valence-corrected chi connectivity index (χ4v) is 6.27. The van der Waals surface area contributed by atoms with Crippen LogP contribution in [0.3, 0.4) is 0 Å². The Morgan fingerprint density at radius 3 is 1.00 bits per heavy atom. The minimum Gasteiger partial charge on any atom is -0.462 e. The van der Waals surface area contributed by atoms with E-state index in [-0.39, 0.29) is 44.0 Å². The van der Waals surface area contributed by atoms with Gasteiger partial charge in [0.25, 0.3) is 0 Å². The number of allylic oxidation sites excluding steroid dienone is 30. The molecule has 0 bridgehead atoms. The van der Waals surface area contributed by atoms with E-state index in [9.17, 15) is 14.4 Å². The zero-order chi connectivity index (χ0) is 50.0. The maximum Gasteiger partial charge on any atom is 0.306 e. The van der Waals surface area contributed by atoms with Gasteiger partial charge < -0.3 is 14.2 Å². The normalized spacial score (nSPS) is 13.6. The van der Waals surface area contributed by atoms with Crippen molar-refractivity contribution >= 4 is 17.9 Å². The molecule has 380 valence electrons. The van der Waals surface area contributed by atoms with Crippen LogP contribution in [0.5, 0.6) is 0 Å². The fourth-order valence-electron chi connectivity index (χ4n) is 6.27. The molecule has 0 spiro atoms. The van der Waals surface area contributed by atoms with E-state index in [1.165, 1.54) is 0 Å². The molecule has 0 saturated carbocycles. The number of hydrogen-bond donors (Lipinski definition) is 0. The molecule has 0 aliphatic rings. The second-order valence-corrected chi connectivity index (χ2v) is 16.5. The SMILES string of the molecule is CC\C=C/C=C\C=C/C=C\C=C\C=C/C=C\CCCCCC(=O)OCC(COC(=O)CCCCCCC\C=C/C=C\C=C/CC)OC(=O)CCCCC/C=C\C/C=C\C/C=C\C/C=C\C/C=C\CC. The zero-order valence-corrected chi connectivity index (χ0v) is 43.2. The average molecular weight is 945 g/mol. The first-order valence-electron chi connectivity index (χ1n) is 26.4. The van der Waals surface area contributed by atoms with Crippen LogP contribution >= 0.6 is 0 Å². The Bertz CT molecular complexity index is 1700. The highest BCUT2D eigenvalue weighted by Gasteiger charge is 2.19. The van der Waals surface area contributed by atoms with Crippen molar-refractivity contribution in [3.63, 3.8) is 0 Å². The van der Waals surface area contributed by atoms with E-state index in [1.807, 2.05) is 79.0 Å². The molecule has 69 heavy (non-hydrogen) atoms. The minimum absolute atomic E-state index is 0.128. The Balaban J connectivity index is 4.63. The summed E-state index contributed by atoms with van der Waals surface area (Å²) in [5.74, 6) is -1.04. The number of carbonyl (C=O) groups excluding carboxylic acids is 3. The summed E-state index contributed by atoms with van der Waals surface area (Å²) in [6.45, 7) is 6.12. The summed E-state index contributed by atoms with van der Waals surface area (Å²) >= 11 is 0. The third kappa shape index (κ3) is 53.3. The van der Waals surface area contributed by atoms with Gasteiger partial charge in [-0.25, -0.2) is 0 Å². The largest absolute Gasteiger partial charge is 0.462 e. The third-order valence-electron chi connectivity index (χ3n) is 10.1. The first-order chi connectivity index (χ1) is 34.0. The lowest BCUT2D eigenvalue weighted by molar-refractivity contribution is -0.167. The molecule has 0 amide bonds. The van der Waals surface area contributed by atoms with Crippen molar-refractivity contribution in [3.05, 3.63) is 182 Å². The first-order valence-corrected chi connectivity index (χ1v) is 26.4. The summed E-state index contributed by atoms with van der Waals surface area (Å²) in [5.41, 5.74) is 0. The molecule has 0 aromatic rings. The Morgan fingerprint density at radius 2 is 0.594 bits per heavy atom. The quantitative estimate of drug-likeness (QED) is 0.0199. The van der Waals surface area contributed by atoms with Crippen LogP contribution in [0.2, 0.25) is 0 Å². The Labute approximate surface area is 421 Å². The van der Waals surface area contributed by atoms with Crippen LogP contribution in [0.4, 0.5) is 0 Å². The standard InChI is InChI=1S/C63H92O6/c1-4-7-10-13-16-19-22-25-27-29-31-33-35-38-41-44-47-50-53-56-62(65)68-59-60(58-67-61(64)55-52-49-46-43-40-37-24-21-18-15-12-9-6-3)69-63(66)57-54-51-48-45-42-39-36-34-32-30-28-26-23-20-17-14-11-8-5-2/h7-13,15-22,24-29,31-35,38-39,41-42,60H,4-6,14,23,30,36-37,40,43-59H2,1-3H3/b10-7-,11-8-,12-9-,16-13-,18-15-,20-17-,22-19-,24-21-,27-25-,28-26-,31-29+,34-32-,35-33-,41-38-,42-39-. The summed E-state index contributed by atoms with van der Waals surface area (Å²) in [6.07, 6.45) is 83.0. The summed E-state index contributed by atoms with van der Waals surface area (Å²) in [6, 6.07) is 0. The molecular weight excluding hydrogens is 853 g/mol. The van der Waals surface area contributed by atoms with E-state index in [0.717, 1.165) is 122 Å². The van der Waals surface area contributed by atoms with Crippen molar-refractivity contribution < 1.29 is 28.6 Å². The predicted octanol–water partition coefficient (Wildman–Crippen LogP) is 17.7. The summed E-state index contributed by atoms with van der Waals surface area (Å²) in [7, 11) is 0. The molecule has 0 radical (unpaired) electrons. The highest BCUT2D eigenvalue weighted by Crippen LogP contribution is 2.12. The molecule has 0 N–H and O–H groups in total. The van der Waals surface area contributed by atoms with E-state index >= 15 is 0 Å². The van der Waals surface area contributed by atoms with E-state index in [2.05, 4.69) is 124 Å². The summed E-state index contributed by atoms with van der Waals surface area (Å²) in [4.78, 5) is 38.1. The van der Waals surface area contributed by atoms with Crippen LogP contribution in [0, 0.1) is 0 Å². The Morgan fingerprint density at radius 1 is 0.304 bits per heavy atom. The maximum absolute atomic E-state index is 12.8. The Kier molecular flexibility index (Phi) is 50.7. The fraction of sp³-hybridized carbons (Fsp3) is 0.476. The van der Waals surface area contributed by atoms with Crippen LogP contribution in [-0.2, 0) is 28.6 Å². The van der Waals surface area contributed by atoms with Crippen molar-refractivity contribution in [2.24, 2.45) is 0 Å². The average Bonchev–Trinajstić information content (AvgIpc) is 3.35. The van der Waals surface area contributed by atoms with Crippen LogP contribution in [0.1, 0.15) is 175 Å². The van der Waals surface area contributed by atoms with Crippen molar-refractivity contribution in [1.82, 2.24) is 0 Å². The van der Waals surface area contributed by atoms with Crippen molar-refractivity contribution in [2.45, 2.75) is 181 Å². The summed E-state index contributed by atoms with van der Waals surface area (Å²) < 4.78 is 16.7. The van der Waals surface area contributed by atoms with Crippen LogP contribution < -0.4 is 0 Å². The van der Waals surface area contributed by atoms with E-state index in [0.29, 0.717) is 19.3 Å². The molecule has 0 aromatic heterocycles. The number of rotatable bonds is 44. The van der Waals surface area contributed by atoms with Gasteiger partial charge in [-0.1, -0.05) is 235 Å². The lowest BCUT2D eigenvalue weighted by Crippen LogP contribution is -2.30. The second-order valence-electron chi connectivity index (χ2n) is 16.5. The smallest absolute Gasteiger partial charge is 0.306 e. The molecule has 0 aliphatic carbocycles. The van der Waals surface area contributed by atoms with Gasteiger partial charge in [0.1, 0.15) is 13.2 Å². The van der Waals surface area contributed by atoms with Gasteiger partial charge in [-0.05, 0) is 103 Å². The van der Waals surface area contributed by atoms with E-state index < -0.39 is 6.10 Å². The Hall–Kier alpha value is -5.49. The summed E-state index contributed by atoms with van der Waals surface area (Å²) in [5, 5.41) is 0. The molecule has 0 fully saturated rings. The lowest BCUT2D eigenvalue weighted by atomic mass is 10.1. The number of hydrogen-bond acceptors (Lipinski definition) is 6. The molecule has 0 aromatic carbocycles. The van der Waals surface area contributed by atoms with Gasteiger partial charge in [0.2, 0.25) is 0 Å². The van der Waals surface area contributed by atoms with Crippen molar-refractivity contribution in [2.75, 3.05) is 13.2 Å². The van der Waals surface area contributed by atoms with Crippen LogP contribution in [0.25, 0.3) is 0 Å². The lowest BCUT2D eigenvalue weighted by Gasteiger charge is -2.18. The maximum atomic E-state index is 12.8. The number of esters is 3. The van der Waals surface area contributed by atoms with Gasteiger partial charge in [-0.3, -0.25) is 14.4 Å².